The van der Waals surface area contributed by atoms with Crippen LogP contribution in [0.1, 0.15) is 25.1 Å². The van der Waals surface area contributed by atoms with E-state index in [0.717, 1.165) is 0 Å². The number of nitrogens with zero attached hydrogens (tertiary/aromatic N) is 2. The lowest BCUT2D eigenvalue weighted by atomic mass is 10.2. The number of rotatable bonds is 4. The van der Waals surface area contributed by atoms with Crippen LogP contribution in [0.25, 0.3) is 0 Å². The van der Waals surface area contributed by atoms with Crippen LogP contribution in [-0.4, -0.2) is 22.7 Å². The second kappa shape index (κ2) is 5.06. The zero-order chi connectivity index (χ0) is 11.3. The van der Waals surface area contributed by atoms with Gasteiger partial charge in [-0.3, -0.25) is 9.97 Å². The lowest BCUT2D eigenvalue weighted by Crippen LogP contribution is -2.25. The maximum atomic E-state index is 11.8. The minimum absolute atomic E-state index is 0.110. The molecule has 1 atom stereocenters. The van der Waals surface area contributed by atoms with Gasteiger partial charge in [-0.05, 0) is 6.92 Å². The van der Waals surface area contributed by atoms with Crippen LogP contribution in [0.3, 0.4) is 0 Å². The molecule has 3 nitrogen and oxygen atoms in total. The molecule has 84 valence electrons. The molecule has 0 amide bonds. The minimum atomic E-state index is -4.12. The van der Waals surface area contributed by atoms with Crippen molar-refractivity contribution in [1.82, 2.24) is 15.3 Å². The third-order valence-corrected chi connectivity index (χ3v) is 1.89. The SMILES string of the molecule is CC(NCCC(F)(F)F)c1cnccn1. The number of nitrogens with one attached hydrogen (secondary N) is 1. The van der Waals surface area contributed by atoms with Gasteiger partial charge >= 0.3 is 6.18 Å². The average Bonchev–Trinajstić information content (AvgIpc) is 2.17. The van der Waals surface area contributed by atoms with Gasteiger partial charge < -0.3 is 5.32 Å². The molecule has 0 spiro atoms. The van der Waals surface area contributed by atoms with E-state index in [-0.39, 0.29) is 12.6 Å². The van der Waals surface area contributed by atoms with Crippen molar-refractivity contribution >= 4 is 0 Å². The average molecular weight is 219 g/mol. The standard InChI is InChI=1S/C9H12F3N3/c1-7(8-6-13-4-5-15-8)14-3-2-9(10,11)12/h4-7,14H,2-3H2,1H3. The first-order valence-corrected chi connectivity index (χ1v) is 4.55. The first-order valence-electron chi connectivity index (χ1n) is 4.55. The molecule has 6 heteroatoms. The lowest BCUT2D eigenvalue weighted by Gasteiger charge is -2.13. The summed E-state index contributed by atoms with van der Waals surface area (Å²) in [6, 6.07) is -0.221. The molecule has 1 aromatic rings. The van der Waals surface area contributed by atoms with Crippen LogP contribution < -0.4 is 5.32 Å². The number of alkyl halides is 3. The Morgan fingerprint density at radius 2 is 2.13 bits per heavy atom. The third kappa shape index (κ3) is 4.73. The van der Waals surface area contributed by atoms with Crippen molar-refractivity contribution in [2.75, 3.05) is 6.54 Å². The van der Waals surface area contributed by atoms with Gasteiger partial charge in [0.1, 0.15) is 0 Å². The lowest BCUT2D eigenvalue weighted by molar-refractivity contribution is -0.133. The molecule has 1 heterocycles. The number of aromatic nitrogens is 2. The van der Waals surface area contributed by atoms with Crippen LogP contribution in [0.2, 0.25) is 0 Å². The van der Waals surface area contributed by atoms with Gasteiger partial charge in [0.2, 0.25) is 0 Å². The molecular formula is C9H12F3N3. The highest BCUT2D eigenvalue weighted by Crippen LogP contribution is 2.19. The van der Waals surface area contributed by atoms with Crippen molar-refractivity contribution in [2.24, 2.45) is 0 Å². The quantitative estimate of drug-likeness (QED) is 0.842. The molecule has 1 aromatic heterocycles. The summed E-state index contributed by atoms with van der Waals surface area (Å²) in [6.45, 7) is 1.64. The second-order valence-corrected chi connectivity index (χ2v) is 3.17. The highest BCUT2D eigenvalue weighted by molar-refractivity contribution is 5.00. The fourth-order valence-corrected chi connectivity index (χ4v) is 1.07. The van der Waals surface area contributed by atoms with Crippen molar-refractivity contribution in [3.05, 3.63) is 24.3 Å². The second-order valence-electron chi connectivity index (χ2n) is 3.17. The molecule has 0 saturated heterocycles. The van der Waals surface area contributed by atoms with Crippen LogP contribution in [0.15, 0.2) is 18.6 Å². The topological polar surface area (TPSA) is 37.8 Å². The van der Waals surface area contributed by atoms with E-state index in [1.165, 1.54) is 18.6 Å². The molecule has 1 N–H and O–H groups in total. The summed E-state index contributed by atoms with van der Waals surface area (Å²) in [6.07, 6.45) is -0.388. The van der Waals surface area contributed by atoms with Crippen LogP contribution in [0, 0.1) is 0 Å². The summed E-state index contributed by atoms with van der Waals surface area (Å²) in [7, 11) is 0. The molecule has 0 aliphatic rings. The molecular weight excluding hydrogens is 207 g/mol. The van der Waals surface area contributed by atoms with Crippen molar-refractivity contribution in [1.29, 1.82) is 0 Å². The van der Waals surface area contributed by atoms with Gasteiger partial charge in [0.15, 0.2) is 0 Å². The van der Waals surface area contributed by atoms with E-state index in [1.807, 2.05) is 0 Å². The van der Waals surface area contributed by atoms with E-state index in [1.54, 1.807) is 6.92 Å². The van der Waals surface area contributed by atoms with Gasteiger partial charge in [0, 0.05) is 31.2 Å². The van der Waals surface area contributed by atoms with Crippen molar-refractivity contribution in [2.45, 2.75) is 25.6 Å². The molecule has 0 fully saturated rings. The van der Waals surface area contributed by atoms with E-state index in [9.17, 15) is 13.2 Å². The predicted octanol–water partition coefficient (Wildman–Crippen LogP) is 2.08. The minimum Gasteiger partial charge on any atom is -0.308 e. The largest absolute Gasteiger partial charge is 0.390 e. The van der Waals surface area contributed by atoms with Crippen molar-refractivity contribution in [3.8, 4) is 0 Å². The third-order valence-electron chi connectivity index (χ3n) is 1.89. The van der Waals surface area contributed by atoms with E-state index < -0.39 is 12.6 Å². The summed E-state index contributed by atoms with van der Waals surface area (Å²) < 4.78 is 35.5. The molecule has 0 saturated carbocycles. The molecule has 1 unspecified atom stereocenters. The van der Waals surface area contributed by atoms with Crippen LogP contribution in [0.4, 0.5) is 13.2 Å². The Bertz CT molecular complexity index is 286. The summed E-state index contributed by atoms with van der Waals surface area (Å²) >= 11 is 0. The maximum absolute atomic E-state index is 11.8. The van der Waals surface area contributed by atoms with Crippen molar-refractivity contribution in [3.63, 3.8) is 0 Å². The molecule has 15 heavy (non-hydrogen) atoms. The molecule has 0 bridgehead atoms. The predicted molar refractivity (Wildman–Crippen MR) is 49.1 cm³/mol. The Morgan fingerprint density at radius 3 is 2.67 bits per heavy atom. The van der Waals surface area contributed by atoms with E-state index in [4.69, 9.17) is 0 Å². The van der Waals surface area contributed by atoms with Crippen LogP contribution >= 0.6 is 0 Å². The fourth-order valence-electron chi connectivity index (χ4n) is 1.07. The zero-order valence-corrected chi connectivity index (χ0v) is 8.25. The van der Waals surface area contributed by atoms with E-state index >= 15 is 0 Å². The molecule has 0 aliphatic carbocycles. The highest BCUT2D eigenvalue weighted by atomic mass is 19.4. The van der Waals surface area contributed by atoms with Crippen LogP contribution in [-0.2, 0) is 0 Å². The van der Waals surface area contributed by atoms with Crippen LogP contribution in [0.5, 0.6) is 0 Å². The number of halogens is 3. The van der Waals surface area contributed by atoms with Gasteiger partial charge in [0.25, 0.3) is 0 Å². The van der Waals surface area contributed by atoms with Gasteiger partial charge in [-0.15, -0.1) is 0 Å². The smallest absolute Gasteiger partial charge is 0.308 e. The first kappa shape index (κ1) is 11.9. The Kier molecular flexibility index (Phi) is 4.02. The van der Waals surface area contributed by atoms with E-state index in [0.29, 0.717) is 5.69 Å². The molecule has 1 rings (SSSR count). The highest BCUT2D eigenvalue weighted by Gasteiger charge is 2.26. The Balaban J connectivity index is 2.34. The van der Waals surface area contributed by atoms with E-state index in [2.05, 4.69) is 15.3 Å². The fraction of sp³-hybridized carbons (Fsp3) is 0.556. The number of hydrogen-bond acceptors (Lipinski definition) is 3. The first-order chi connectivity index (χ1) is 6.99. The normalized spacial score (nSPS) is 13.9. The maximum Gasteiger partial charge on any atom is 0.390 e. The van der Waals surface area contributed by atoms with Gasteiger partial charge in [-0.2, -0.15) is 13.2 Å². The molecule has 0 aromatic carbocycles. The van der Waals surface area contributed by atoms with Gasteiger partial charge in [0.05, 0.1) is 12.1 Å². The monoisotopic (exact) mass is 219 g/mol. The summed E-state index contributed by atoms with van der Waals surface area (Å²) in [5.74, 6) is 0. The number of hydrogen-bond donors (Lipinski definition) is 1. The summed E-state index contributed by atoms with van der Waals surface area (Å²) in [4.78, 5) is 7.83. The van der Waals surface area contributed by atoms with Gasteiger partial charge in [-0.25, -0.2) is 0 Å². The molecule has 0 aliphatic heterocycles. The zero-order valence-electron chi connectivity index (χ0n) is 8.25. The Hall–Kier alpha value is -1.17. The summed E-state index contributed by atoms with van der Waals surface area (Å²) in [5.41, 5.74) is 0.639. The Labute approximate surface area is 85.7 Å². The van der Waals surface area contributed by atoms with Crippen molar-refractivity contribution < 1.29 is 13.2 Å². The Morgan fingerprint density at radius 1 is 1.40 bits per heavy atom. The van der Waals surface area contributed by atoms with Gasteiger partial charge in [-0.1, -0.05) is 0 Å². The summed E-state index contributed by atoms with van der Waals surface area (Å²) in [5, 5.41) is 2.73. The molecule has 0 radical (unpaired) electrons.